The van der Waals surface area contributed by atoms with Crippen molar-refractivity contribution < 1.29 is 27.9 Å². The van der Waals surface area contributed by atoms with Crippen molar-refractivity contribution >= 4 is 32.8 Å². The van der Waals surface area contributed by atoms with Crippen LogP contribution in [0.1, 0.15) is 25.6 Å². The summed E-state index contributed by atoms with van der Waals surface area (Å²) < 4.78 is 35.2. The van der Waals surface area contributed by atoms with Crippen LogP contribution in [-0.4, -0.2) is 58.7 Å². The van der Waals surface area contributed by atoms with E-state index < -0.39 is 39.9 Å². The fourth-order valence-electron chi connectivity index (χ4n) is 4.58. The fraction of sp³-hybridized carbons (Fsp3) is 0.348. The third-order valence-corrected chi connectivity index (χ3v) is 8.00. The van der Waals surface area contributed by atoms with Gasteiger partial charge in [-0.2, -0.15) is 9.40 Å². The molecule has 11 heteroatoms. The van der Waals surface area contributed by atoms with Crippen molar-refractivity contribution in [3.05, 3.63) is 54.2 Å². The Morgan fingerprint density at radius 1 is 1.18 bits per heavy atom. The van der Waals surface area contributed by atoms with E-state index in [4.69, 9.17) is 10.5 Å². The maximum atomic E-state index is 13.5. The van der Waals surface area contributed by atoms with E-state index in [0.717, 1.165) is 4.31 Å². The number of nitrogens with two attached hydrogens (primary N) is 1. The molecule has 0 bridgehead atoms. The van der Waals surface area contributed by atoms with Gasteiger partial charge in [0.2, 0.25) is 15.9 Å². The van der Waals surface area contributed by atoms with Crippen LogP contribution in [0.5, 0.6) is 5.75 Å². The highest BCUT2D eigenvalue weighted by Gasteiger charge is 2.49. The molecule has 1 fully saturated rings. The smallest absolute Gasteiger partial charge is 0.309 e. The van der Waals surface area contributed by atoms with Gasteiger partial charge in [0.15, 0.2) is 0 Å². The van der Waals surface area contributed by atoms with Gasteiger partial charge < -0.3 is 15.6 Å². The number of hydrogen-bond acceptors (Lipinski definition) is 6. The number of carbonyl (C=O) groups excluding carboxylic acids is 1. The normalized spacial score (nSPS) is 21.1. The lowest BCUT2D eigenvalue weighted by atomic mass is 9.98. The standard InChI is InChI=1S/C23H26N4O6S/c1-3-33-15-8-10-16(11-9-15)34(31,32)26-13-20(14(2)22(26)23(24)30)27-19-7-5-4-6-17(19)18(25-27)12-21(28)29/h4-11,14,20,22H,3,12-13H2,1-2H3,(H2,24,30)(H,28,29)/t14-,20+,22-/m1/s1. The Morgan fingerprint density at radius 3 is 2.47 bits per heavy atom. The highest BCUT2D eigenvalue weighted by Crippen LogP contribution is 2.39. The summed E-state index contributed by atoms with van der Waals surface area (Å²) in [6.45, 7) is 3.99. The predicted octanol–water partition coefficient (Wildman–Crippen LogP) is 1.80. The van der Waals surface area contributed by atoms with Crippen molar-refractivity contribution in [3.8, 4) is 5.75 Å². The van der Waals surface area contributed by atoms with Gasteiger partial charge in [-0.1, -0.05) is 25.1 Å². The van der Waals surface area contributed by atoms with Crippen LogP contribution < -0.4 is 10.5 Å². The number of amides is 1. The Kier molecular flexibility index (Phi) is 6.32. The van der Waals surface area contributed by atoms with Crippen LogP contribution in [0.4, 0.5) is 0 Å². The minimum absolute atomic E-state index is 0.0203. The zero-order valence-corrected chi connectivity index (χ0v) is 19.6. The predicted molar refractivity (Wildman–Crippen MR) is 124 cm³/mol. The lowest BCUT2D eigenvalue weighted by molar-refractivity contribution is -0.136. The van der Waals surface area contributed by atoms with Crippen LogP contribution in [0.2, 0.25) is 0 Å². The van der Waals surface area contributed by atoms with Crippen molar-refractivity contribution in [2.45, 2.75) is 37.2 Å². The molecule has 4 rings (SSSR count). The Labute approximate surface area is 197 Å². The number of carbonyl (C=O) groups is 2. The van der Waals surface area contributed by atoms with E-state index in [1.54, 1.807) is 48.0 Å². The minimum atomic E-state index is -4.06. The fourth-order valence-corrected chi connectivity index (χ4v) is 6.27. The van der Waals surface area contributed by atoms with Gasteiger partial charge >= 0.3 is 5.97 Å². The number of fused-ring (bicyclic) bond motifs is 1. The molecule has 3 aromatic rings. The molecule has 3 N–H and O–H groups in total. The summed E-state index contributed by atoms with van der Waals surface area (Å²) in [5.41, 5.74) is 6.71. The highest BCUT2D eigenvalue weighted by molar-refractivity contribution is 7.89. The first-order valence-electron chi connectivity index (χ1n) is 10.9. The number of sulfonamides is 1. The number of hydrogen-bond donors (Lipinski definition) is 2. The van der Waals surface area contributed by atoms with E-state index >= 15 is 0 Å². The number of primary amides is 1. The zero-order valence-electron chi connectivity index (χ0n) is 18.8. The first-order valence-corrected chi connectivity index (χ1v) is 12.3. The van der Waals surface area contributed by atoms with E-state index in [0.29, 0.717) is 29.0 Å². The molecule has 2 heterocycles. The van der Waals surface area contributed by atoms with Gasteiger partial charge in [-0.05, 0) is 37.3 Å². The number of carboxylic acid groups (broad SMARTS) is 1. The number of benzene rings is 2. The molecule has 0 spiro atoms. The van der Waals surface area contributed by atoms with Crippen molar-refractivity contribution in [2.75, 3.05) is 13.2 Å². The monoisotopic (exact) mass is 486 g/mol. The number of nitrogens with zero attached hydrogens (tertiary/aromatic N) is 3. The summed E-state index contributed by atoms with van der Waals surface area (Å²) in [5.74, 6) is -1.75. The van der Waals surface area contributed by atoms with Crippen LogP contribution in [0.25, 0.3) is 10.9 Å². The number of para-hydroxylation sites is 1. The molecular formula is C23H26N4O6S. The summed E-state index contributed by atoms with van der Waals surface area (Å²) >= 11 is 0. The average molecular weight is 487 g/mol. The summed E-state index contributed by atoms with van der Waals surface area (Å²) in [5, 5.41) is 14.5. The van der Waals surface area contributed by atoms with Crippen molar-refractivity contribution in [3.63, 3.8) is 0 Å². The number of ether oxygens (including phenoxy) is 1. The second kappa shape index (κ2) is 9.07. The molecule has 0 aliphatic carbocycles. The number of aromatic nitrogens is 2. The largest absolute Gasteiger partial charge is 0.494 e. The van der Waals surface area contributed by atoms with E-state index in [2.05, 4.69) is 5.10 Å². The van der Waals surface area contributed by atoms with E-state index in [1.165, 1.54) is 12.1 Å². The highest BCUT2D eigenvalue weighted by atomic mass is 32.2. The lowest BCUT2D eigenvalue weighted by Gasteiger charge is -2.23. The first-order chi connectivity index (χ1) is 16.1. The second-order valence-electron chi connectivity index (χ2n) is 8.23. The van der Waals surface area contributed by atoms with Crippen molar-refractivity contribution in [1.82, 2.24) is 14.1 Å². The molecule has 1 aliphatic heterocycles. The van der Waals surface area contributed by atoms with Gasteiger partial charge in [-0.3, -0.25) is 14.3 Å². The minimum Gasteiger partial charge on any atom is -0.494 e. The Morgan fingerprint density at radius 2 is 1.85 bits per heavy atom. The third-order valence-electron chi connectivity index (χ3n) is 6.14. The van der Waals surface area contributed by atoms with E-state index in [1.807, 2.05) is 6.92 Å². The maximum absolute atomic E-state index is 13.5. The maximum Gasteiger partial charge on any atom is 0.309 e. The molecular weight excluding hydrogens is 460 g/mol. The molecule has 2 aromatic carbocycles. The third kappa shape index (κ3) is 4.12. The molecule has 1 saturated heterocycles. The summed E-state index contributed by atoms with van der Waals surface area (Å²) in [7, 11) is -4.06. The Hall–Kier alpha value is -3.44. The van der Waals surface area contributed by atoms with Gasteiger partial charge in [0.25, 0.3) is 0 Å². The number of rotatable bonds is 8. The van der Waals surface area contributed by atoms with Crippen LogP contribution in [-0.2, 0) is 26.0 Å². The molecule has 3 atom stereocenters. The topological polar surface area (TPSA) is 145 Å². The van der Waals surface area contributed by atoms with E-state index in [9.17, 15) is 23.1 Å². The summed E-state index contributed by atoms with van der Waals surface area (Å²) in [4.78, 5) is 23.8. The van der Waals surface area contributed by atoms with Crippen LogP contribution >= 0.6 is 0 Å². The Balaban J connectivity index is 1.75. The quantitative estimate of drug-likeness (QED) is 0.494. The summed E-state index contributed by atoms with van der Waals surface area (Å²) in [6.07, 6.45) is -0.276. The molecule has 10 nitrogen and oxygen atoms in total. The Bertz CT molecular complexity index is 1340. The van der Waals surface area contributed by atoms with E-state index in [-0.39, 0.29) is 17.9 Å². The molecule has 1 amide bonds. The molecule has 0 saturated carbocycles. The summed E-state index contributed by atoms with van der Waals surface area (Å²) in [6, 6.07) is 11.5. The van der Waals surface area contributed by atoms with Crippen molar-refractivity contribution in [1.29, 1.82) is 0 Å². The average Bonchev–Trinajstić information content (AvgIpc) is 3.32. The molecule has 180 valence electrons. The molecule has 0 radical (unpaired) electrons. The molecule has 1 aromatic heterocycles. The lowest BCUT2D eigenvalue weighted by Crippen LogP contribution is -2.45. The van der Waals surface area contributed by atoms with Gasteiger partial charge in [0.1, 0.15) is 11.8 Å². The van der Waals surface area contributed by atoms with Gasteiger partial charge in [0.05, 0.1) is 35.2 Å². The van der Waals surface area contributed by atoms with Gasteiger partial charge in [0, 0.05) is 17.8 Å². The molecule has 1 aliphatic rings. The number of aliphatic carboxylic acids is 1. The zero-order chi connectivity index (χ0) is 24.6. The van der Waals surface area contributed by atoms with Gasteiger partial charge in [-0.15, -0.1) is 0 Å². The second-order valence-corrected chi connectivity index (χ2v) is 10.1. The van der Waals surface area contributed by atoms with Crippen LogP contribution in [0.15, 0.2) is 53.4 Å². The SMILES string of the molecule is CCOc1ccc(S(=O)(=O)N2C[C@H](n3nc(CC(=O)O)c4ccccc43)[C@@H](C)[C@@H]2C(N)=O)cc1. The van der Waals surface area contributed by atoms with Crippen LogP contribution in [0, 0.1) is 5.92 Å². The van der Waals surface area contributed by atoms with Crippen LogP contribution in [0.3, 0.4) is 0 Å². The van der Waals surface area contributed by atoms with Crippen molar-refractivity contribution in [2.24, 2.45) is 11.7 Å². The molecule has 34 heavy (non-hydrogen) atoms. The first kappa shape index (κ1) is 23.7. The van der Waals surface area contributed by atoms with Gasteiger partial charge in [-0.25, -0.2) is 8.42 Å². The molecule has 0 unspecified atom stereocenters. The number of carboxylic acids is 1.